The van der Waals surface area contributed by atoms with Gasteiger partial charge in [-0.3, -0.25) is 9.89 Å². The normalized spacial score (nSPS) is 14.9. The number of thioether (sulfide) groups is 1. The van der Waals surface area contributed by atoms with Gasteiger partial charge in [-0.2, -0.15) is 21.3 Å². The van der Waals surface area contributed by atoms with Crippen LogP contribution in [0.5, 0.6) is 0 Å². The number of H-pyrrole nitrogens is 1. The van der Waals surface area contributed by atoms with Crippen LogP contribution < -0.4 is 5.56 Å². The van der Waals surface area contributed by atoms with Crippen LogP contribution >= 0.6 is 11.8 Å². The van der Waals surface area contributed by atoms with Crippen molar-refractivity contribution in [3.8, 4) is 0 Å². The van der Waals surface area contributed by atoms with Gasteiger partial charge in [0.1, 0.15) is 5.82 Å². The summed E-state index contributed by atoms with van der Waals surface area (Å²) in [6.07, 6.45) is 0. The van der Waals surface area contributed by atoms with Crippen LogP contribution in [0.25, 0.3) is 5.78 Å². The van der Waals surface area contributed by atoms with Gasteiger partial charge < -0.3 is 0 Å². The largest absolute Gasteiger partial charge is 0.278 e. The van der Waals surface area contributed by atoms with Crippen LogP contribution in [-0.2, 0) is 11.5 Å². The summed E-state index contributed by atoms with van der Waals surface area (Å²) < 4.78 is 1.42. The highest BCUT2D eigenvalue weighted by molar-refractivity contribution is 7.98. The molecule has 1 aliphatic heterocycles. The van der Waals surface area contributed by atoms with Crippen LogP contribution in [-0.4, -0.2) is 19.6 Å². The summed E-state index contributed by atoms with van der Waals surface area (Å²) in [4.78, 5) is 20.3. The van der Waals surface area contributed by atoms with E-state index in [0.717, 1.165) is 22.8 Å². The second-order valence-corrected chi connectivity index (χ2v) is 4.27. The van der Waals surface area contributed by atoms with E-state index in [9.17, 15) is 4.79 Å². The van der Waals surface area contributed by atoms with Crippen molar-refractivity contribution in [2.75, 3.05) is 0 Å². The van der Waals surface area contributed by atoms with E-state index in [1.807, 2.05) is 6.92 Å². The highest BCUT2D eigenvalue weighted by atomic mass is 32.2. The zero-order valence-electron chi connectivity index (χ0n) is 7.57. The van der Waals surface area contributed by atoms with Gasteiger partial charge >= 0.3 is 0 Å². The Morgan fingerprint density at radius 1 is 1.43 bits per heavy atom. The predicted molar refractivity (Wildman–Crippen MR) is 53.3 cm³/mol. The van der Waals surface area contributed by atoms with Crippen LogP contribution in [0, 0.1) is 6.92 Å². The Hall–Kier alpha value is -1.30. The number of nitrogens with zero attached hydrogens (tertiary/aromatic N) is 3. The van der Waals surface area contributed by atoms with Gasteiger partial charge in [0, 0.05) is 11.5 Å². The molecule has 5 nitrogen and oxygen atoms in total. The average Bonchev–Trinajstić information content (AvgIpc) is 2.71. The number of hydrogen-bond acceptors (Lipinski definition) is 4. The molecule has 0 aliphatic carbocycles. The van der Waals surface area contributed by atoms with Crippen molar-refractivity contribution in [1.29, 1.82) is 0 Å². The molecule has 14 heavy (non-hydrogen) atoms. The summed E-state index contributed by atoms with van der Waals surface area (Å²) in [5, 5.41) is 2.88. The second kappa shape index (κ2) is 2.60. The minimum atomic E-state index is -0.00407. The molecule has 72 valence electrons. The zero-order valence-corrected chi connectivity index (χ0v) is 8.39. The minimum Gasteiger partial charge on any atom is -0.275 e. The van der Waals surface area contributed by atoms with Crippen molar-refractivity contribution >= 4 is 17.5 Å². The molecule has 3 heterocycles. The van der Waals surface area contributed by atoms with E-state index in [1.165, 1.54) is 4.52 Å². The average molecular weight is 208 g/mol. The Labute approximate surface area is 83.6 Å². The van der Waals surface area contributed by atoms with E-state index in [4.69, 9.17) is 0 Å². The standard InChI is InChI=1S/C8H8N4OS/c1-4-9-8-10-6-3-14-2-5(6)7(13)12(8)11-4/h2-3H2,1H3,(H,9,10,11). The summed E-state index contributed by atoms with van der Waals surface area (Å²) in [5.41, 5.74) is 1.71. The molecular weight excluding hydrogens is 200 g/mol. The quantitative estimate of drug-likeness (QED) is 0.683. The molecular formula is C8H8N4OS. The lowest BCUT2D eigenvalue weighted by Gasteiger charge is -1.95. The maximum Gasteiger partial charge on any atom is 0.278 e. The molecule has 0 amide bonds. The van der Waals surface area contributed by atoms with E-state index in [2.05, 4.69) is 15.1 Å². The van der Waals surface area contributed by atoms with Crippen molar-refractivity contribution in [2.45, 2.75) is 18.4 Å². The number of aromatic nitrogens is 4. The molecule has 0 fully saturated rings. The molecule has 2 aromatic rings. The Bertz CT molecular complexity index is 570. The lowest BCUT2D eigenvalue weighted by atomic mass is 10.3. The van der Waals surface area contributed by atoms with Crippen molar-refractivity contribution in [1.82, 2.24) is 19.6 Å². The van der Waals surface area contributed by atoms with Crippen molar-refractivity contribution in [3.63, 3.8) is 0 Å². The second-order valence-electron chi connectivity index (χ2n) is 3.28. The molecule has 0 radical (unpaired) electrons. The third kappa shape index (κ3) is 0.942. The van der Waals surface area contributed by atoms with E-state index in [0.29, 0.717) is 11.6 Å². The van der Waals surface area contributed by atoms with Gasteiger partial charge in [0.25, 0.3) is 11.3 Å². The van der Waals surface area contributed by atoms with Gasteiger partial charge in [-0.1, -0.05) is 0 Å². The van der Waals surface area contributed by atoms with E-state index in [-0.39, 0.29) is 5.56 Å². The molecule has 0 saturated heterocycles. The van der Waals surface area contributed by atoms with E-state index < -0.39 is 0 Å². The van der Waals surface area contributed by atoms with Crippen molar-refractivity contribution in [2.24, 2.45) is 0 Å². The lowest BCUT2D eigenvalue weighted by Crippen LogP contribution is -2.20. The molecule has 0 bridgehead atoms. The third-order valence-electron chi connectivity index (χ3n) is 2.27. The first-order chi connectivity index (χ1) is 6.75. The fourth-order valence-electron chi connectivity index (χ4n) is 1.61. The van der Waals surface area contributed by atoms with E-state index in [1.54, 1.807) is 11.8 Å². The number of aryl methyl sites for hydroxylation is 1. The monoisotopic (exact) mass is 208 g/mol. The first-order valence-corrected chi connectivity index (χ1v) is 5.46. The summed E-state index contributed by atoms with van der Waals surface area (Å²) in [6, 6.07) is 0. The van der Waals surface area contributed by atoms with Gasteiger partial charge in [-0.05, 0) is 6.92 Å². The molecule has 0 spiro atoms. The van der Waals surface area contributed by atoms with Gasteiger partial charge in [0.05, 0.1) is 11.3 Å². The van der Waals surface area contributed by atoms with Crippen LogP contribution in [0.3, 0.4) is 0 Å². The first-order valence-electron chi connectivity index (χ1n) is 4.30. The summed E-state index contributed by atoms with van der Waals surface area (Å²) in [6.45, 7) is 1.81. The Kier molecular flexibility index (Phi) is 1.49. The Morgan fingerprint density at radius 3 is 3.14 bits per heavy atom. The molecule has 1 N–H and O–H groups in total. The fourth-order valence-corrected chi connectivity index (χ4v) is 2.64. The maximum absolute atomic E-state index is 11.9. The van der Waals surface area contributed by atoms with Crippen LogP contribution in [0.4, 0.5) is 0 Å². The van der Waals surface area contributed by atoms with Gasteiger partial charge in [-0.15, -0.1) is 0 Å². The molecule has 0 aromatic carbocycles. The van der Waals surface area contributed by atoms with Gasteiger partial charge in [0.15, 0.2) is 0 Å². The molecule has 0 atom stereocenters. The molecule has 1 aliphatic rings. The Morgan fingerprint density at radius 2 is 2.29 bits per heavy atom. The third-order valence-corrected chi connectivity index (χ3v) is 3.24. The number of hydrogen-bond donors (Lipinski definition) is 1. The molecule has 6 heteroatoms. The number of aromatic amines is 1. The molecule has 0 saturated carbocycles. The Balaban J connectivity index is 2.49. The summed E-state index contributed by atoms with van der Waals surface area (Å²) in [5.74, 6) is 2.79. The molecule has 3 rings (SSSR count). The predicted octanol–water partition coefficient (Wildman–Crippen LogP) is 0.473. The summed E-state index contributed by atoms with van der Waals surface area (Å²) >= 11 is 1.72. The van der Waals surface area contributed by atoms with Crippen LogP contribution in [0.15, 0.2) is 4.79 Å². The highest BCUT2D eigenvalue weighted by Crippen LogP contribution is 2.25. The zero-order chi connectivity index (χ0) is 9.71. The highest BCUT2D eigenvalue weighted by Gasteiger charge is 2.19. The van der Waals surface area contributed by atoms with Crippen LogP contribution in [0.1, 0.15) is 17.1 Å². The lowest BCUT2D eigenvalue weighted by molar-refractivity contribution is 0.859. The molecule has 0 unspecified atom stereocenters. The minimum absolute atomic E-state index is 0.00407. The van der Waals surface area contributed by atoms with Crippen molar-refractivity contribution < 1.29 is 0 Å². The number of fused-ring (bicyclic) bond motifs is 2. The van der Waals surface area contributed by atoms with E-state index >= 15 is 0 Å². The smallest absolute Gasteiger partial charge is 0.275 e. The van der Waals surface area contributed by atoms with Crippen LogP contribution in [0.2, 0.25) is 0 Å². The van der Waals surface area contributed by atoms with Gasteiger partial charge in [-0.25, -0.2) is 4.98 Å². The maximum atomic E-state index is 11.9. The van der Waals surface area contributed by atoms with Crippen molar-refractivity contribution in [3.05, 3.63) is 27.4 Å². The number of nitrogens with one attached hydrogen (secondary N) is 1. The fraction of sp³-hybridized carbons (Fsp3) is 0.375. The topological polar surface area (TPSA) is 63.1 Å². The first kappa shape index (κ1) is 8.05. The van der Waals surface area contributed by atoms with Gasteiger partial charge in [0.2, 0.25) is 0 Å². The SMILES string of the molecule is Cc1nc2nc3c(c(=O)n2[nH]1)CSC3. The summed E-state index contributed by atoms with van der Waals surface area (Å²) in [7, 11) is 0. The number of rotatable bonds is 0. The molecule has 2 aromatic heterocycles.